The third-order valence-electron chi connectivity index (χ3n) is 3.51. The fourth-order valence-corrected chi connectivity index (χ4v) is 2.20. The van der Waals surface area contributed by atoms with Crippen LogP contribution < -0.4 is 5.73 Å². The molecule has 21 heavy (non-hydrogen) atoms. The van der Waals surface area contributed by atoms with E-state index < -0.39 is 5.54 Å². The Labute approximate surface area is 125 Å². The van der Waals surface area contributed by atoms with Gasteiger partial charge in [-0.15, -0.1) is 0 Å². The standard InChI is InChI=1S/C16H22N4O/c1-12(2)10-20-15(18-11-19-20)9-14(21)16(3,17)13-7-5-4-6-8-13/h4-8,11-12H,9-10,17H2,1-3H3. The van der Waals surface area contributed by atoms with Crippen LogP contribution in [0.1, 0.15) is 32.2 Å². The van der Waals surface area contributed by atoms with Gasteiger partial charge in [0.05, 0.1) is 12.0 Å². The summed E-state index contributed by atoms with van der Waals surface area (Å²) in [6.07, 6.45) is 1.68. The Kier molecular flexibility index (Phi) is 4.53. The Bertz CT molecular complexity index is 602. The summed E-state index contributed by atoms with van der Waals surface area (Å²) in [6.45, 7) is 6.69. The van der Waals surface area contributed by atoms with Gasteiger partial charge in [-0.05, 0) is 18.4 Å². The first kappa shape index (κ1) is 15.4. The number of rotatable bonds is 6. The monoisotopic (exact) mass is 286 g/mol. The minimum absolute atomic E-state index is 0.0632. The molecule has 0 aliphatic heterocycles. The number of nitrogens with zero attached hydrogens (tertiary/aromatic N) is 3. The Morgan fingerprint density at radius 2 is 2.00 bits per heavy atom. The number of Topliss-reactive ketones (excluding diaryl/α,β-unsaturated/α-hetero) is 1. The van der Waals surface area contributed by atoms with Gasteiger partial charge in [-0.3, -0.25) is 4.79 Å². The third-order valence-corrected chi connectivity index (χ3v) is 3.51. The highest BCUT2D eigenvalue weighted by Gasteiger charge is 2.31. The maximum absolute atomic E-state index is 12.6. The third kappa shape index (κ3) is 3.55. The zero-order valence-electron chi connectivity index (χ0n) is 12.8. The van der Waals surface area contributed by atoms with E-state index in [9.17, 15) is 4.79 Å². The van der Waals surface area contributed by atoms with Gasteiger partial charge < -0.3 is 5.73 Å². The van der Waals surface area contributed by atoms with Crippen molar-refractivity contribution >= 4 is 5.78 Å². The Hall–Kier alpha value is -2.01. The van der Waals surface area contributed by atoms with E-state index in [-0.39, 0.29) is 12.2 Å². The van der Waals surface area contributed by atoms with Crippen molar-refractivity contribution in [3.63, 3.8) is 0 Å². The van der Waals surface area contributed by atoms with Crippen LogP contribution in [0.3, 0.4) is 0 Å². The zero-order chi connectivity index (χ0) is 15.5. The number of nitrogens with two attached hydrogens (primary N) is 1. The summed E-state index contributed by atoms with van der Waals surface area (Å²) < 4.78 is 1.78. The van der Waals surface area contributed by atoms with E-state index >= 15 is 0 Å². The molecule has 112 valence electrons. The molecule has 5 heteroatoms. The first-order valence-electron chi connectivity index (χ1n) is 7.15. The molecule has 0 saturated carbocycles. The summed E-state index contributed by atoms with van der Waals surface area (Å²) in [7, 11) is 0. The van der Waals surface area contributed by atoms with Crippen LogP contribution in [0.25, 0.3) is 0 Å². The molecule has 0 bridgehead atoms. The zero-order valence-corrected chi connectivity index (χ0v) is 12.8. The summed E-state index contributed by atoms with van der Waals surface area (Å²) in [6, 6.07) is 9.42. The molecular weight excluding hydrogens is 264 g/mol. The van der Waals surface area contributed by atoms with E-state index in [1.165, 1.54) is 6.33 Å². The molecule has 0 radical (unpaired) electrons. The number of hydrogen-bond acceptors (Lipinski definition) is 4. The normalized spacial score (nSPS) is 14.1. The number of carbonyl (C=O) groups is 1. The van der Waals surface area contributed by atoms with Crippen LogP contribution in [-0.2, 0) is 23.3 Å². The highest BCUT2D eigenvalue weighted by atomic mass is 16.1. The van der Waals surface area contributed by atoms with Crippen LogP contribution in [0, 0.1) is 5.92 Å². The minimum Gasteiger partial charge on any atom is -0.315 e. The first-order chi connectivity index (χ1) is 9.91. The minimum atomic E-state index is -1.02. The van der Waals surface area contributed by atoms with Crippen molar-refractivity contribution in [1.82, 2.24) is 14.8 Å². The van der Waals surface area contributed by atoms with Crippen LogP contribution in [0.4, 0.5) is 0 Å². The number of aromatic nitrogens is 3. The molecule has 1 heterocycles. The van der Waals surface area contributed by atoms with Crippen LogP contribution in [0.15, 0.2) is 36.7 Å². The quantitative estimate of drug-likeness (QED) is 0.880. The van der Waals surface area contributed by atoms with Crippen molar-refractivity contribution in [3.8, 4) is 0 Å². The molecule has 1 atom stereocenters. The smallest absolute Gasteiger partial charge is 0.164 e. The molecule has 5 nitrogen and oxygen atoms in total. The molecule has 0 amide bonds. The van der Waals surface area contributed by atoms with Gasteiger partial charge in [-0.2, -0.15) is 5.10 Å². The lowest BCUT2D eigenvalue weighted by Gasteiger charge is -2.23. The lowest BCUT2D eigenvalue weighted by atomic mass is 9.87. The van der Waals surface area contributed by atoms with E-state index in [1.807, 2.05) is 30.3 Å². The lowest BCUT2D eigenvalue weighted by molar-refractivity contribution is -0.123. The molecule has 2 rings (SSSR count). The first-order valence-corrected chi connectivity index (χ1v) is 7.15. The van der Waals surface area contributed by atoms with Crippen molar-refractivity contribution in [2.75, 3.05) is 0 Å². The summed E-state index contributed by atoms with van der Waals surface area (Å²) in [5, 5.41) is 4.18. The van der Waals surface area contributed by atoms with Gasteiger partial charge in [0, 0.05) is 6.54 Å². The molecule has 0 spiro atoms. The van der Waals surface area contributed by atoms with Crippen molar-refractivity contribution in [2.24, 2.45) is 11.7 Å². The second-order valence-corrected chi connectivity index (χ2v) is 5.92. The predicted molar refractivity (Wildman–Crippen MR) is 81.6 cm³/mol. The maximum atomic E-state index is 12.6. The predicted octanol–water partition coefficient (Wildman–Crippen LogP) is 1.92. The highest BCUT2D eigenvalue weighted by Crippen LogP contribution is 2.20. The molecule has 0 aliphatic rings. The number of ketones is 1. The summed E-state index contributed by atoms with van der Waals surface area (Å²) in [5.74, 6) is 1.05. The van der Waals surface area contributed by atoms with Crippen molar-refractivity contribution in [2.45, 2.75) is 39.3 Å². The number of benzene rings is 1. The molecule has 0 saturated heterocycles. The SMILES string of the molecule is CC(C)Cn1ncnc1CC(=O)C(C)(N)c1ccccc1. The molecule has 0 fully saturated rings. The second-order valence-electron chi connectivity index (χ2n) is 5.92. The molecule has 1 aromatic heterocycles. The van der Waals surface area contributed by atoms with E-state index in [4.69, 9.17) is 5.73 Å². The van der Waals surface area contributed by atoms with Crippen LogP contribution in [0.5, 0.6) is 0 Å². The molecule has 2 aromatic rings. The lowest BCUT2D eigenvalue weighted by Crippen LogP contribution is -2.43. The summed E-state index contributed by atoms with van der Waals surface area (Å²) in [5.41, 5.74) is 6.03. The fourth-order valence-electron chi connectivity index (χ4n) is 2.20. The molecule has 2 N–H and O–H groups in total. The van der Waals surface area contributed by atoms with Gasteiger partial charge in [0.1, 0.15) is 12.2 Å². The van der Waals surface area contributed by atoms with Crippen LogP contribution in [-0.4, -0.2) is 20.5 Å². The van der Waals surface area contributed by atoms with Gasteiger partial charge in [0.15, 0.2) is 5.78 Å². The van der Waals surface area contributed by atoms with Crippen LogP contribution in [0.2, 0.25) is 0 Å². The van der Waals surface area contributed by atoms with Gasteiger partial charge in [-0.1, -0.05) is 44.2 Å². The molecule has 1 unspecified atom stereocenters. The van der Waals surface area contributed by atoms with E-state index in [0.717, 1.165) is 12.1 Å². The fraction of sp³-hybridized carbons (Fsp3) is 0.438. The molecule has 0 aliphatic carbocycles. The van der Waals surface area contributed by atoms with Crippen LogP contribution >= 0.6 is 0 Å². The summed E-state index contributed by atoms with van der Waals surface area (Å²) in [4.78, 5) is 16.8. The number of hydrogen-bond donors (Lipinski definition) is 1. The molecular formula is C16H22N4O. The van der Waals surface area contributed by atoms with Crippen molar-refractivity contribution in [3.05, 3.63) is 48.0 Å². The second kappa shape index (κ2) is 6.18. The van der Waals surface area contributed by atoms with Crippen molar-refractivity contribution < 1.29 is 4.79 Å². The molecule has 1 aromatic carbocycles. The Morgan fingerprint density at radius 3 is 2.62 bits per heavy atom. The average Bonchev–Trinajstić information content (AvgIpc) is 2.86. The van der Waals surface area contributed by atoms with Crippen molar-refractivity contribution in [1.29, 1.82) is 0 Å². The van der Waals surface area contributed by atoms with Gasteiger partial charge in [0.25, 0.3) is 0 Å². The highest BCUT2D eigenvalue weighted by molar-refractivity contribution is 5.90. The Balaban J connectivity index is 2.16. The maximum Gasteiger partial charge on any atom is 0.164 e. The van der Waals surface area contributed by atoms with E-state index in [1.54, 1.807) is 11.6 Å². The number of carbonyl (C=O) groups excluding carboxylic acids is 1. The topological polar surface area (TPSA) is 73.8 Å². The largest absolute Gasteiger partial charge is 0.315 e. The Morgan fingerprint density at radius 1 is 1.33 bits per heavy atom. The van der Waals surface area contributed by atoms with Gasteiger partial charge in [-0.25, -0.2) is 9.67 Å². The van der Waals surface area contributed by atoms with E-state index in [2.05, 4.69) is 23.9 Å². The van der Waals surface area contributed by atoms with E-state index in [0.29, 0.717) is 11.7 Å². The average molecular weight is 286 g/mol. The van der Waals surface area contributed by atoms with Gasteiger partial charge in [0.2, 0.25) is 0 Å². The van der Waals surface area contributed by atoms with Gasteiger partial charge >= 0.3 is 0 Å². The summed E-state index contributed by atoms with van der Waals surface area (Å²) >= 11 is 0.